The van der Waals surface area contributed by atoms with Gasteiger partial charge in [0, 0.05) is 11.1 Å². The predicted molar refractivity (Wildman–Crippen MR) is 77.0 cm³/mol. The van der Waals surface area contributed by atoms with Gasteiger partial charge in [-0.2, -0.15) is 0 Å². The normalized spacial score (nSPS) is 12.0. The molecule has 0 fully saturated rings. The van der Waals surface area contributed by atoms with Gasteiger partial charge in [-0.1, -0.05) is 24.3 Å². The van der Waals surface area contributed by atoms with Gasteiger partial charge in [-0.3, -0.25) is 4.79 Å². The maximum Gasteiger partial charge on any atom is 0.258 e. The molecule has 0 aliphatic carbocycles. The number of carbonyl (C=O) groups excluding carboxylic acids is 1. The minimum Gasteiger partial charge on any atom is -0.480 e. The molecule has 2 rings (SSSR count). The lowest BCUT2D eigenvalue weighted by Crippen LogP contribution is -2.30. The fourth-order valence-corrected chi connectivity index (χ4v) is 1.92. The number of aliphatic hydroxyl groups is 1. The summed E-state index contributed by atoms with van der Waals surface area (Å²) in [5.74, 6) is -0.565. The van der Waals surface area contributed by atoms with Crippen molar-refractivity contribution in [2.45, 2.75) is 19.6 Å². The molecule has 0 aliphatic rings. The minimum atomic E-state index is -0.774. The van der Waals surface area contributed by atoms with Crippen molar-refractivity contribution in [2.75, 3.05) is 0 Å². The highest BCUT2D eigenvalue weighted by Crippen LogP contribution is 2.31. The quantitative estimate of drug-likeness (QED) is 0.886. The number of hydrogen-bond donors (Lipinski definition) is 2. The fraction of sp³-hybridized carbons (Fsp3) is 0.188. The molecule has 21 heavy (non-hydrogen) atoms. The van der Waals surface area contributed by atoms with E-state index < -0.39 is 17.8 Å². The van der Waals surface area contributed by atoms with Crippen molar-refractivity contribution in [3.8, 4) is 16.9 Å². The number of primary amides is 1. The zero-order valence-corrected chi connectivity index (χ0v) is 11.5. The molecule has 2 aromatic rings. The number of ether oxygens (including phenoxy) is 1. The molecular formula is C16H16FNO3. The Morgan fingerprint density at radius 3 is 2.71 bits per heavy atom. The number of amides is 1. The van der Waals surface area contributed by atoms with Crippen molar-refractivity contribution >= 4 is 5.91 Å². The lowest BCUT2D eigenvalue weighted by atomic mass is 10.0. The third-order valence-corrected chi connectivity index (χ3v) is 3.12. The van der Waals surface area contributed by atoms with Crippen LogP contribution in [0.5, 0.6) is 5.75 Å². The molecule has 4 nitrogen and oxygen atoms in total. The number of hydrogen-bond acceptors (Lipinski definition) is 3. The predicted octanol–water partition coefficient (Wildman–Crippen LogP) is 2.24. The molecule has 0 spiro atoms. The largest absolute Gasteiger partial charge is 0.480 e. The lowest BCUT2D eigenvalue weighted by Gasteiger charge is -2.15. The Bertz CT molecular complexity index is 658. The Morgan fingerprint density at radius 2 is 2.05 bits per heavy atom. The summed E-state index contributed by atoms with van der Waals surface area (Å²) in [5.41, 5.74) is 6.77. The van der Waals surface area contributed by atoms with E-state index in [9.17, 15) is 9.18 Å². The van der Waals surface area contributed by atoms with E-state index >= 15 is 0 Å². The van der Waals surface area contributed by atoms with E-state index in [2.05, 4.69) is 0 Å². The molecule has 0 radical (unpaired) electrons. The summed E-state index contributed by atoms with van der Waals surface area (Å²) in [4.78, 5) is 11.1. The number of para-hydroxylation sites is 1. The number of nitrogens with two attached hydrogens (primary N) is 1. The maximum absolute atomic E-state index is 13.4. The molecule has 0 saturated heterocycles. The van der Waals surface area contributed by atoms with Crippen molar-refractivity contribution in [1.29, 1.82) is 0 Å². The zero-order valence-electron chi connectivity index (χ0n) is 11.5. The Labute approximate surface area is 122 Å². The van der Waals surface area contributed by atoms with Gasteiger partial charge in [0.2, 0.25) is 0 Å². The molecule has 0 aromatic heterocycles. The van der Waals surface area contributed by atoms with Crippen LogP contribution in [-0.4, -0.2) is 17.1 Å². The second kappa shape index (κ2) is 6.37. The number of aliphatic hydroxyl groups excluding tert-OH is 1. The smallest absolute Gasteiger partial charge is 0.258 e. The molecule has 110 valence electrons. The van der Waals surface area contributed by atoms with Crippen LogP contribution in [-0.2, 0) is 11.4 Å². The molecule has 1 amide bonds. The highest BCUT2D eigenvalue weighted by Gasteiger charge is 2.14. The summed E-state index contributed by atoms with van der Waals surface area (Å²) >= 11 is 0. The van der Waals surface area contributed by atoms with Crippen LogP contribution in [0.25, 0.3) is 11.1 Å². The summed E-state index contributed by atoms with van der Waals surface area (Å²) in [7, 11) is 0. The van der Waals surface area contributed by atoms with Crippen LogP contribution in [0, 0.1) is 5.82 Å². The summed E-state index contributed by atoms with van der Waals surface area (Å²) in [6.45, 7) is 1.17. The van der Waals surface area contributed by atoms with E-state index in [-0.39, 0.29) is 12.2 Å². The molecule has 0 unspecified atom stereocenters. The van der Waals surface area contributed by atoms with Gasteiger partial charge in [0.05, 0.1) is 6.61 Å². The van der Waals surface area contributed by atoms with Gasteiger partial charge < -0.3 is 15.6 Å². The van der Waals surface area contributed by atoms with Crippen molar-refractivity contribution in [3.05, 3.63) is 53.8 Å². The molecule has 5 heteroatoms. The van der Waals surface area contributed by atoms with Crippen molar-refractivity contribution in [2.24, 2.45) is 5.73 Å². The average Bonchev–Trinajstić information content (AvgIpc) is 2.48. The Morgan fingerprint density at radius 1 is 1.33 bits per heavy atom. The van der Waals surface area contributed by atoms with E-state index in [1.807, 2.05) is 0 Å². The van der Waals surface area contributed by atoms with Crippen LogP contribution < -0.4 is 10.5 Å². The van der Waals surface area contributed by atoms with Gasteiger partial charge in [0.15, 0.2) is 6.10 Å². The highest BCUT2D eigenvalue weighted by molar-refractivity contribution is 5.79. The number of halogens is 1. The number of rotatable bonds is 5. The van der Waals surface area contributed by atoms with E-state index in [0.717, 1.165) is 0 Å². The van der Waals surface area contributed by atoms with Crippen LogP contribution in [0.1, 0.15) is 12.5 Å². The molecule has 2 aromatic carbocycles. The molecule has 0 saturated carbocycles. The monoisotopic (exact) mass is 289 g/mol. The molecule has 0 bridgehead atoms. The first-order chi connectivity index (χ1) is 10.0. The molecule has 0 aliphatic heterocycles. The fourth-order valence-electron chi connectivity index (χ4n) is 1.92. The van der Waals surface area contributed by atoms with Crippen LogP contribution in [0.15, 0.2) is 42.5 Å². The Hall–Kier alpha value is -2.40. The standard InChI is InChI=1S/C16H16FNO3/c1-10(16(18)20)21-15-5-3-2-4-13(15)11-6-7-14(17)12(8-11)9-19/h2-8,10,19H,9H2,1H3,(H2,18,20)/t10-/m0/s1. The summed E-state index contributed by atoms with van der Waals surface area (Å²) in [6, 6.07) is 11.5. The van der Waals surface area contributed by atoms with Crippen molar-refractivity contribution in [3.63, 3.8) is 0 Å². The molecule has 3 N–H and O–H groups in total. The topological polar surface area (TPSA) is 72.6 Å². The van der Waals surface area contributed by atoms with E-state index in [1.54, 1.807) is 43.3 Å². The van der Waals surface area contributed by atoms with Crippen molar-refractivity contribution < 1.29 is 19.0 Å². The van der Waals surface area contributed by atoms with Gasteiger partial charge in [-0.05, 0) is 30.7 Å². The van der Waals surface area contributed by atoms with Crippen LogP contribution in [0.4, 0.5) is 4.39 Å². The Balaban J connectivity index is 2.42. The lowest BCUT2D eigenvalue weighted by molar-refractivity contribution is -0.123. The Kier molecular flexibility index (Phi) is 4.55. The van der Waals surface area contributed by atoms with Gasteiger partial charge >= 0.3 is 0 Å². The second-order valence-corrected chi connectivity index (χ2v) is 4.62. The first-order valence-electron chi connectivity index (χ1n) is 6.47. The number of carbonyl (C=O) groups is 1. The summed E-state index contributed by atoms with van der Waals surface area (Å²) in [6.07, 6.45) is -0.774. The van der Waals surface area contributed by atoms with E-state index in [4.69, 9.17) is 15.6 Å². The third-order valence-electron chi connectivity index (χ3n) is 3.12. The molecule has 0 heterocycles. The summed E-state index contributed by atoms with van der Waals surface area (Å²) in [5, 5.41) is 9.14. The summed E-state index contributed by atoms with van der Waals surface area (Å²) < 4.78 is 19.0. The average molecular weight is 289 g/mol. The van der Waals surface area contributed by atoms with E-state index in [1.165, 1.54) is 6.07 Å². The third kappa shape index (κ3) is 3.38. The molecule has 1 atom stereocenters. The van der Waals surface area contributed by atoms with Gasteiger partial charge in [-0.15, -0.1) is 0 Å². The van der Waals surface area contributed by atoms with Gasteiger partial charge in [-0.25, -0.2) is 4.39 Å². The van der Waals surface area contributed by atoms with Gasteiger partial charge in [0.1, 0.15) is 11.6 Å². The molecular weight excluding hydrogens is 273 g/mol. The SMILES string of the molecule is C[C@H](Oc1ccccc1-c1ccc(F)c(CO)c1)C(N)=O. The first kappa shape index (κ1) is 15.0. The van der Waals surface area contributed by atoms with Crippen LogP contribution in [0.2, 0.25) is 0 Å². The first-order valence-corrected chi connectivity index (χ1v) is 6.47. The second-order valence-electron chi connectivity index (χ2n) is 4.62. The van der Waals surface area contributed by atoms with Crippen molar-refractivity contribution in [1.82, 2.24) is 0 Å². The van der Waals surface area contributed by atoms with Gasteiger partial charge in [0.25, 0.3) is 5.91 Å². The maximum atomic E-state index is 13.4. The zero-order chi connectivity index (χ0) is 15.4. The number of benzene rings is 2. The van der Waals surface area contributed by atoms with E-state index in [0.29, 0.717) is 16.9 Å². The highest BCUT2D eigenvalue weighted by atomic mass is 19.1. The van der Waals surface area contributed by atoms with Crippen LogP contribution in [0.3, 0.4) is 0 Å². The minimum absolute atomic E-state index is 0.199. The van der Waals surface area contributed by atoms with Crippen LogP contribution >= 0.6 is 0 Å².